The van der Waals surface area contributed by atoms with Crippen LogP contribution in [0.15, 0.2) is 67.5 Å². The van der Waals surface area contributed by atoms with E-state index in [0.717, 1.165) is 52.7 Å². The van der Waals surface area contributed by atoms with Crippen molar-refractivity contribution in [1.29, 1.82) is 0 Å². The number of ether oxygens (including phenoxy) is 1. The maximum Gasteiger partial charge on any atom is 0.255 e. The SMILES string of the molecule is C=CCC[C@@](C)(C=O)N1Cc2c(CCc3cn(-c4ccc5c(ccn5CCOC)c4)nn3)cccc2C1=O. The summed E-state index contributed by atoms with van der Waals surface area (Å²) in [4.78, 5) is 26.9. The summed E-state index contributed by atoms with van der Waals surface area (Å²) in [5.74, 6) is -0.0853. The molecule has 0 N–H and O–H groups in total. The van der Waals surface area contributed by atoms with Gasteiger partial charge >= 0.3 is 0 Å². The van der Waals surface area contributed by atoms with E-state index in [1.54, 1.807) is 22.8 Å². The lowest BCUT2D eigenvalue weighted by Crippen LogP contribution is -2.47. The Bertz CT molecular complexity index is 1490. The zero-order chi connectivity index (χ0) is 26.7. The van der Waals surface area contributed by atoms with Crippen LogP contribution in [0.25, 0.3) is 16.6 Å². The van der Waals surface area contributed by atoms with Crippen LogP contribution in [0.2, 0.25) is 0 Å². The molecule has 1 amide bonds. The number of methoxy groups -OCH3 is 1. The van der Waals surface area contributed by atoms with Gasteiger partial charge in [0.2, 0.25) is 0 Å². The molecular formula is C30H33N5O3. The first kappa shape index (κ1) is 25.6. The normalized spacial score (nSPS) is 14.6. The van der Waals surface area contributed by atoms with Gasteiger partial charge in [0.15, 0.2) is 0 Å². The number of hydrogen-bond donors (Lipinski definition) is 0. The number of rotatable bonds is 12. The van der Waals surface area contributed by atoms with Crippen LogP contribution in [-0.2, 0) is 35.5 Å². The van der Waals surface area contributed by atoms with Crippen molar-refractivity contribution in [1.82, 2.24) is 24.5 Å². The Kier molecular flexibility index (Phi) is 7.24. The van der Waals surface area contributed by atoms with E-state index in [-0.39, 0.29) is 5.91 Å². The molecular weight excluding hydrogens is 478 g/mol. The number of amides is 1. The Balaban J connectivity index is 1.30. The molecule has 1 aliphatic rings. The maximum atomic E-state index is 13.2. The summed E-state index contributed by atoms with van der Waals surface area (Å²) in [6.45, 7) is 7.50. The van der Waals surface area contributed by atoms with Crippen LogP contribution in [0.4, 0.5) is 0 Å². The molecule has 1 aliphatic heterocycles. The lowest BCUT2D eigenvalue weighted by Gasteiger charge is -2.33. The highest BCUT2D eigenvalue weighted by Gasteiger charge is 2.40. The average Bonchev–Trinajstić information content (AvgIpc) is 3.67. The highest BCUT2D eigenvalue weighted by atomic mass is 16.5. The van der Waals surface area contributed by atoms with Gasteiger partial charge in [0, 0.05) is 42.9 Å². The van der Waals surface area contributed by atoms with E-state index in [4.69, 9.17) is 4.74 Å². The lowest BCUT2D eigenvalue weighted by molar-refractivity contribution is -0.117. The fourth-order valence-corrected chi connectivity index (χ4v) is 5.21. The molecule has 3 heterocycles. The first-order chi connectivity index (χ1) is 18.5. The van der Waals surface area contributed by atoms with Crippen LogP contribution in [0.1, 0.15) is 46.9 Å². The minimum Gasteiger partial charge on any atom is -0.383 e. The monoisotopic (exact) mass is 511 g/mol. The third-order valence-corrected chi connectivity index (χ3v) is 7.54. The Morgan fingerprint density at radius 3 is 2.84 bits per heavy atom. The molecule has 0 fully saturated rings. The van der Waals surface area contributed by atoms with E-state index in [1.165, 1.54) is 0 Å². The highest BCUT2D eigenvalue weighted by Crippen LogP contribution is 2.33. The molecule has 4 aromatic rings. The van der Waals surface area contributed by atoms with Crippen LogP contribution in [0.3, 0.4) is 0 Å². The number of aldehydes is 1. The number of aryl methyl sites for hydroxylation is 2. The summed E-state index contributed by atoms with van der Waals surface area (Å²) < 4.78 is 9.18. The predicted octanol–water partition coefficient (Wildman–Crippen LogP) is 4.53. The number of aromatic nitrogens is 4. The first-order valence-electron chi connectivity index (χ1n) is 13.0. The molecule has 0 spiro atoms. The molecule has 8 heteroatoms. The van der Waals surface area contributed by atoms with Crippen molar-refractivity contribution in [2.45, 2.75) is 51.2 Å². The molecule has 5 rings (SSSR count). The predicted molar refractivity (Wildman–Crippen MR) is 146 cm³/mol. The van der Waals surface area contributed by atoms with E-state index < -0.39 is 5.54 Å². The Hall–Kier alpha value is -4.04. The van der Waals surface area contributed by atoms with Gasteiger partial charge in [-0.05, 0) is 74.1 Å². The topological polar surface area (TPSA) is 82.2 Å². The Morgan fingerprint density at radius 2 is 2.05 bits per heavy atom. The molecule has 0 radical (unpaired) electrons. The first-order valence-corrected chi connectivity index (χ1v) is 13.0. The van der Waals surface area contributed by atoms with Gasteiger partial charge in [-0.3, -0.25) is 4.79 Å². The van der Waals surface area contributed by atoms with Gasteiger partial charge in [-0.2, -0.15) is 0 Å². The molecule has 0 aliphatic carbocycles. The number of allylic oxidation sites excluding steroid dienone is 1. The molecule has 1 atom stereocenters. The summed E-state index contributed by atoms with van der Waals surface area (Å²) >= 11 is 0. The number of hydrogen-bond acceptors (Lipinski definition) is 5. The third-order valence-electron chi connectivity index (χ3n) is 7.54. The number of benzene rings is 2. The summed E-state index contributed by atoms with van der Waals surface area (Å²) in [6.07, 6.45) is 9.36. The van der Waals surface area contributed by atoms with Gasteiger partial charge in [-0.15, -0.1) is 11.7 Å². The summed E-state index contributed by atoms with van der Waals surface area (Å²) in [5.41, 5.74) is 4.92. The Morgan fingerprint density at radius 1 is 1.18 bits per heavy atom. The number of nitrogens with zero attached hydrogens (tertiary/aromatic N) is 5. The minimum atomic E-state index is -0.851. The van der Waals surface area contributed by atoms with Crippen molar-refractivity contribution >= 4 is 23.1 Å². The van der Waals surface area contributed by atoms with E-state index in [0.29, 0.717) is 38.0 Å². The molecule has 2 aromatic carbocycles. The van der Waals surface area contributed by atoms with Crippen LogP contribution in [0.5, 0.6) is 0 Å². The number of carbonyl (C=O) groups is 2. The fraction of sp³-hybridized carbons (Fsp3) is 0.333. The van der Waals surface area contributed by atoms with Crippen LogP contribution < -0.4 is 0 Å². The molecule has 8 nitrogen and oxygen atoms in total. The van der Waals surface area contributed by atoms with E-state index in [2.05, 4.69) is 51.9 Å². The smallest absolute Gasteiger partial charge is 0.255 e. The van der Waals surface area contributed by atoms with Crippen molar-refractivity contribution < 1.29 is 14.3 Å². The van der Waals surface area contributed by atoms with Gasteiger partial charge < -0.3 is 19.0 Å². The molecule has 196 valence electrons. The minimum absolute atomic E-state index is 0.0853. The molecule has 2 aromatic heterocycles. The second-order valence-corrected chi connectivity index (χ2v) is 10.0. The maximum absolute atomic E-state index is 13.2. The average molecular weight is 512 g/mol. The molecule has 38 heavy (non-hydrogen) atoms. The third kappa shape index (κ3) is 4.79. The van der Waals surface area contributed by atoms with Crippen LogP contribution in [-0.4, -0.2) is 55.9 Å². The van der Waals surface area contributed by atoms with Gasteiger partial charge in [0.05, 0.1) is 29.7 Å². The molecule has 0 saturated heterocycles. The van der Waals surface area contributed by atoms with E-state index >= 15 is 0 Å². The largest absolute Gasteiger partial charge is 0.383 e. The molecule has 0 bridgehead atoms. The second kappa shape index (κ2) is 10.8. The van der Waals surface area contributed by atoms with E-state index in [1.807, 2.05) is 31.3 Å². The summed E-state index contributed by atoms with van der Waals surface area (Å²) in [6, 6.07) is 14.2. The number of carbonyl (C=O) groups excluding carboxylic acids is 2. The summed E-state index contributed by atoms with van der Waals surface area (Å²) in [5, 5.41) is 9.90. The fourth-order valence-electron chi connectivity index (χ4n) is 5.21. The standard InChI is InChI=1S/C30H33N5O3/c1-4-5-14-30(2,21-36)34-20-27-22(7-6-8-26(27)29(34)37)9-10-24-19-35(32-31-24)25-11-12-28-23(18-25)13-15-33(28)16-17-38-3/h4,6-8,11-13,15,18-19,21H,1,5,9-10,14,16-17,20H2,2-3H3/t30-/m0/s1. The van der Waals surface area contributed by atoms with Crippen molar-refractivity contribution in [2.24, 2.45) is 0 Å². The quantitative estimate of drug-likeness (QED) is 0.206. The zero-order valence-electron chi connectivity index (χ0n) is 22.0. The molecule has 0 unspecified atom stereocenters. The Labute approximate surface area is 222 Å². The van der Waals surface area contributed by atoms with Crippen molar-refractivity contribution in [3.05, 3.63) is 89.9 Å². The van der Waals surface area contributed by atoms with Gasteiger partial charge in [0.25, 0.3) is 5.91 Å². The van der Waals surface area contributed by atoms with Crippen LogP contribution >= 0.6 is 0 Å². The van der Waals surface area contributed by atoms with Gasteiger partial charge in [0.1, 0.15) is 6.29 Å². The van der Waals surface area contributed by atoms with Crippen molar-refractivity contribution in [2.75, 3.05) is 13.7 Å². The summed E-state index contributed by atoms with van der Waals surface area (Å²) in [7, 11) is 1.71. The second-order valence-electron chi connectivity index (χ2n) is 10.0. The van der Waals surface area contributed by atoms with Crippen molar-refractivity contribution in [3.63, 3.8) is 0 Å². The van der Waals surface area contributed by atoms with Gasteiger partial charge in [-0.25, -0.2) is 4.68 Å². The highest BCUT2D eigenvalue weighted by molar-refractivity contribution is 6.00. The molecule has 0 saturated carbocycles. The zero-order valence-corrected chi connectivity index (χ0v) is 22.0. The lowest BCUT2D eigenvalue weighted by atomic mass is 9.95. The number of fused-ring (bicyclic) bond motifs is 2. The van der Waals surface area contributed by atoms with Crippen molar-refractivity contribution in [3.8, 4) is 5.69 Å². The van der Waals surface area contributed by atoms with Gasteiger partial charge in [-0.1, -0.05) is 23.4 Å². The van der Waals surface area contributed by atoms with Crippen LogP contribution in [0, 0.1) is 0 Å². The van der Waals surface area contributed by atoms with E-state index in [9.17, 15) is 9.59 Å².